The first-order valence-corrected chi connectivity index (χ1v) is 9.79. The molecule has 0 N–H and O–H groups in total. The second-order valence-corrected chi connectivity index (χ2v) is 7.90. The number of nitrogens with zero attached hydrogens (tertiary/aromatic N) is 1. The molecule has 0 atom stereocenters. The van der Waals surface area contributed by atoms with Crippen LogP contribution in [-0.4, -0.2) is 13.4 Å². The molecule has 0 bridgehead atoms. The smallest absolute Gasteiger partial charge is 0.339 e. The van der Waals surface area contributed by atoms with Crippen LogP contribution in [-0.2, 0) is 10.1 Å². The lowest BCUT2D eigenvalue weighted by Crippen LogP contribution is -2.10. The molecule has 7 heteroatoms. The fourth-order valence-corrected chi connectivity index (χ4v) is 4.27. The van der Waals surface area contributed by atoms with Crippen LogP contribution < -0.4 is 4.18 Å². The Balaban J connectivity index is 2.01. The van der Waals surface area contributed by atoms with Gasteiger partial charge in [0.15, 0.2) is 5.75 Å². The molecule has 0 unspecified atom stereocenters. The molecule has 0 aliphatic heterocycles. The monoisotopic (exact) mass is 403 g/mol. The third-order valence-corrected chi connectivity index (χ3v) is 5.87. The minimum Gasteiger partial charge on any atom is -0.378 e. The van der Waals surface area contributed by atoms with Gasteiger partial charge in [-0.3, -0.25) is 0 Å². The van der Waals surface area contributed by atoms with Gasteiger partial charge in [0, 0.05) is 16.6 Å². The Hall–Kier alpha value is -2.34. The van der Waals surface area contributed by atoms with Crippen LogP contribution in [0, 0.1) is 0 Å². The predicted molar refractivity (Wildman–Crippen MR) is 104 cm³/mol. The van der Waals surface area contributed by atoms with Crippen LogP contribution in [0.25, 0.3) is 21.5 Å². The van der Waals surface area contributed by atoms with E-state index in [9.17, 15) is 8.42 Å². The van der Waals surface area contributed by atoms with Crippen LogP contribution in [0.2, 0.25) is 10.2 Å². The van der Waals surface area contributed by atoms with Gasteiger partial charge in [0.25, 0.3) is 0 Å². The molecular weight excluding hydrogens is 393 g/mol. The zero-order valence-electron chi connectivity index (χ0n) is 13.2. The molecule has 0 amide bonds. The summed E-state index contributed by atoms with van der Waals surface area (Å²) in [5.41, 5.74) is 0. The Kier molecular flexibility index (Phi) is 4.23. The molecular formula is C19H11Cl2NO3S. The number of benzene rings is 3. The molecule has 0 aliphatic rings. The predicted octanol–water partition coefficient (Wildman–Crippen LogP) is 5.46. The van der Waals surface area contributed by atoms with E-state index in [1.165, 1.54) is 12.1 Å². The van der Waals surface area contributed by atoms with E-state index in [-0.39, 0.29) is 15.8 Å². The van der Waals surface area contributed by atoms with E-state index >= 15 is 0 Å². The molecule has 4 nitrogen and oxygen atoms in total. The largest absolute Gasteiger partial charge is 0.378 e. The van der Waals surface area contributed by atoms with E-state index in [0.717, 1.165) is 5.39 Å². The maximum atomic E-state index is 12.7. The van der Waals surface area contributed by atoms with Gasteiger partial charge in [0.1, 0.15) is 10.0 Å². The van der Waals surface area contributed by atoms with Crippen molar-refractivity contribution < 1.29 is 12.6 Å². The molecule has 0 saturated heterocycles. The van der Waals surface area contributed by atoms with Crippen molar-refractivity contribution in [1.29, 1.82) is 0 Å². The minimum absolute atomic E-state index is 0.0485. The van der Waals surface area contributed by atoms with Crippen molar-refractivity contribution in [3.63, 3.8) is 0 Å². The number of hydrogen-bond donors (Lipinski definition) is 0. The standard InChI is InChI=1S/C19H11Cl2NO3S/c20-16-8-4-7-13-14-9-10-22-19(21)18(14)17(11-15(13)16)25-26(23,24)12-5-2-1-3-6-12/h1-11H. The molecule has 1 aromatic heterocycles. The summed E-state index contributed by atoms with van der Waals surface area (Å²) in [6.07, 6.45) is 1.56. The lowest BCUT2D eigenvalue weighted by molar-refractivity contribution is 0.489. The van der Waals surface area contributed by atoms with Crippen molar-refractivity contribution >= 4 is 54.9 Å². The average molecular weight is 404 g/mol. The SMILES string of the molecule is O=S(=O)(Oc1cc2c(Cl)cccc2c2ccnc(Cl)c12)c1ccccc1. The molecule has 0 spiro atoms. The van der Waals surface area contributed by atoms with Crippen molar-refractivity contribution in [2.24, 2.45) is 0 Å². The summed E-state index contributed by atoms with van der Waals surface area (Å²) in [4.78, 5) is 4.11. The Morgan fingerprint density at radius 1 is 0.846 bits per heavy atom. The Bertz CT molecular complexity index is 1240. The van der Waals surface area contributed by atoms with Crippen LogP contribution in [0.5, 0.6) is 5.75 Å². The lowest BCUT2D eigenvalue weighted by atomic mass is 10.0. The Labute approximate surface area is 160 Å². The summed E-state index contributed by atoms with van der Waals surface area (Å²) in [6.45, 7) is 0. The first-order chi connectivity index (χ1) is 12.5. The van der Waals surface area contributed by atoms with Crippen LogP contribution in [0.1, 0.15) is 0 Å². The minimum atomic E-state index is -4.03. The first kappa shape index (κ1) is 17.1. The van der Waals surface area contributed by atoms with Crippen molar-refractivity contribution in [2.75, 3.05) is 0 Å². The second kappa shape index (κ2) is 6.43. The zero-order valence-corrected chi connectivity index (χ0v) is 15.5. The number of rotatable bonds is 3. The molecule has 1 heterocycles. The zero-order chi connectivity index (χ0) is 18.3. The maximum Gasteiger partial charge on any atom is 0.339 e. The highest BCUT2D eigenvalue weighted by Crippen LogP contribution is 2.40. The summed E-state index contributed by atoms with van der Waals surface area (Å²) in [7, 11) is -4.03. The van der Waals surface area contributed by atoms with Gasteiger partial charge in [0.05, 0.1) is 5.39 Å². The van der Waals surface area contributed by atoms with Gasteiger partial charge in [0.2, 0.25) is 0 Å². The van der Waals surface area contributed by atoms with Crippen LogP contribution in [0.3, 0.4) is 0 Å². The van der Waals surface area contributed by atoms with Crippen molar-refractivity contribution in [1.82, 2.24) is 4.98 Å². The summed E-state index contributed by atoms with van der Waals surface area (Å²) in [6, 6.07) is 16.7. The molecule has 0 fully saturated rings. The van der Waals surface area contributed by atoms with Crippen molar-refractivity contribution in [3.05, 3.63) is 77.0 Å². The molecule has 26 heavy (non-hydrogen) atoms. The van der Waals surface area contributed by atoms with E-state index in [1.807, 2.05) is 12.1 Å². The lowest BCUT2D eigenvalue weighted by Gasteiger charge is -2.13. The quantitative estimate of drug-likeness (QED) is 0.258. The summed E-state index contributed by atoms with van der Waals surface area (Å²) < 4.78 is 30.8. The Morgan fingerprint density at radius 2 is 1.62 bits per heavy atom. The van der Waals surface area contributed by atoms with Crippen molar-refractivity contribution in [3.8, 4) is 5.75 Å². The van der Waals surface area contributed by atoms with E-state index in [2.05, 4.69) is 4.98 Å². The Morgan fingerprint density at radius 3 is 2.38 bits per heavy atom. The van der Waals surface area contributed by atoms with Gasteiger partial charge in [-0.05, 0) is 41.1 Å². The van der Waals surface area contributed by atoms with Crippen molar-refractivity contribution in [2.45, 2.75) is 4.90 Å². The first-order valence-electron chi connectivity index (χ1n) is 7.62. The average Bonchev–Trinajstić information content (AvgIpc) is 2.63. The second-order valence-electron chi connectivity index (χ2n) is 5.58. The molecule has 0 aliphatic carbocycles. The summed E-state index contributed by atoms with van der Waals surface area (Å²) in [5, 5.41) is 3.28. The highest BCUT2D eigenvalue weighted by Gasteiger charge is 2.21. The normalized spacial score (nSPS) is 11.8. The molecule has 4 rings (SSSR count). The number of pyridine rings is 1. The summed E-state index contributed by atoms with van der Waals surface area (Å²) in [5.74, 6) is 0.0857. The van der Waals surface area contributed by atoms with Gasteiger partial charge in [-0.1, -0.05) is 53.5 Å². The molecule has 4 aromatic rings. The maximum absolute atomic E-state index is 12.7. The van der Waals surface area contributed by atoms with Crippen LogP contribution in [0.15, 0.2) is 71.8 Å². The fraction of sp³-hybridized carbons (Fsp3) is 0. The third-order valence-electron chi connectivity index (χ3n) is 4.00. The van der Waals surface area contributed by atoms with Gasteiger partial charge in [-0.2, -0.15) is 8.42 Å². The van der Waals surface area contributed by atoms with E-state index in [0.29, 0.717) is 21.2 Å². The molecule has 3 aromatic carbocycles. The fourth-order valence-electron chi connectivity index (χ4n) is 2.84. The van der Waals surface area contributed by atoms with Gasteiger partial charge >= 0.3 is 10.1 Å². The van der Waals surface area contributed by atoms with E-state index in [1.54, 1.807) is 42.6 Å². The van der Waals surface area contributed by atoms with Crippen LogP contribution >= 0.6 is 23.2 Å². The highest BCUT2D eigenvalue weighted by molar-refractivity contribution is 7.87. The molecule has 0 saturated carbocycles. The summed E-state index contributed by atoms with van der Waals surface area (Å²) >= 11 is 12.6. The third kappa shape index (κ3) is 2.88. The van der Waals surface area contributed by atoms with Crippen LogP contribution in [0.4, 0.5) is 0 Å². The van der Waals surface area contributed by atoms with E-state index in [4.69, 9.17) is 27.4 Å². The van der Waals surface area contributed by atoms with Gasteiger partial charge < -0.3 is 4.18 Å². The number of fused-ring (bicyclic) bond motifs is 3. The topological polar surface area (TPSA) is 56.3 Å². The highest BCUT2D eigenvalue weighted by atomic mass is 35.5. The number of halogens is 2. The number of hydrogen-bond acceptors (Lipinski definition) is 4. The number of aromatic nitrogens is 1. The van der Waals surface area contributed by atoms with Gasteiger partial charge in [-0.25, -0.2) is 4.98 Å². The van der Waals surface area contributed by atoms with E-state index < -0.39 is 10.1 Å². The van der Waals surface area contributed by atoms with Gasteiger partial charge in [-0.15, -0.1) is 0 Å². The molecule has 130 valence electrons. The molecule has 0 radical (unpaired) electrons.